The molecular weight excluding hydrogens is 332 g/mol. The fourth-order valence-corrected chi connectivity index (χ4v) is 3.80. The van der Waals surface area contributed by atoms with Crippen LogP contribution in [0.1, 0.15) is 31.9 Å². The maximum atomic E-state index is 13.8. The van der Waals surface area contributed by atoms with Crippen LogP contribution in [-0.4, -0.2) is 15.0 Å². The van der Waals surface area contributed by atoms with Crippen LogP contribution >= 0.6 is 0 Å². The van der Waals surface area contributed by atoms with E-state index >= 15 is 0 Å². The number of benzene rings is 2. The Hall–Kier alpha value is -1.95. The maximum Gasteiger partial charge on any atom is 0.328 e. The Bertz CT molecular complexity index is 810. The van der Waals surface area contributed by atoms with Gasteiger partial charge in [-0.3, -0.25) is 0 Å². The molecule has 0 saturated carbocycles. The summed E-state index contributed by atoms with van der Waals surface area (Å²) >= 11 is 0. The number of halogens is 2. The fourth-order valence-electron chi connectivity index (χ4n) is 2.46. The summed E-state index contributed by atoms with van der Waals surface area (Å²) in [6.45, 7) is 4.19. The van der Waals surface area contributed by atoms with Crippen LogP contribution in [0.5, 0.6) is 0 Å². The molecule has 2 aromatic carbocycles. The second-order valence-electron chi connectivity index (χ2n) is 6.66. The molecule has 2 aromatic rings. The maximum absolute atomic E-state index is 13.8. The van der Waals surface area contributed by atoms with Gasteiger partial charge < -0.3 is 0 Å². The molecule has 0 radical (unpaired) electrons. The van der Waals surface area contributed by atoms with E-state index in [4.69, 9.17) is 0 Å². The van der Waals surface area contributed by atoms with Gasteiger partial charge in [-0.25, -0.2) is 12.7 Å². The standard InChI is InChI=1S/C18H21F2NO2S/c1-13-9-11-14(12-10-13)24(22,23)21(17(19)20)16-8-6-5-7-15(16)18(2,3)4/h5-12,17H,1-4H3. The highest BCUT2D eigenvalue weighted by atomic mass is 32.2. The van der Waals surface area contributed by atoms with Crippen LogP contribution in [0.25, 0.3) is 0 Å². The number of anilines is 1. The minimum Gasteiger partial charge on any atom is -0.206 e. The molecule has 0 saturated heterocycles. The summed E-state index contributed by atoms with van der Waals surface area (Å²) in [5, 5.41) is 0. The summed E-state index contributed by atoms with van der Waals surface area (Å²) < 4.78 is 53.3. The van der Waals surface area contributed by atoms with Gasteiger partial charge in [-0.2, -0.15) is 8.78 Å². The molecule has 0 fully saturated rings. The molecule has 130 valence electrons. The molecule has 2 rings (SSSR count). The topological polar surface area (TPSA) is 37.4 Å². The predicted molar refractivity (Wildman–Crippen MR) is 92.0 cm³/mol. The molecule has 0 heterocycles. The highest BCUT2D eigenvalue weighted by molar-refractivity contribution is 7.92. The predicted octanol–water partition coefficient (Wildman–Crippen LogP) is 4.71. The summed E-state index contributed by atoms with van der Waals surface area (Å²) in [6.07, 6.45) is 0. The number of aryl methyl sites for hydroxylation is 1. The van der Waals surface area contributed by atoms with Crippen molar-refractivity contribution in [1.82, 2.24) is 0 Å². The van der Waals surface area contributed by atoms with E-state index in [2.05, 4.69) is 0 Å². The van der Waals surface area contributed by atoms with Gasteiger partial charge in [0.25, 0.3) is 10.0 Å². The monoisotopic (exact) mass is 353 g/mol. The first kappa shape index (κ1) is 18.4. The molecule has 0 unspecified atom stereocenters. The highest BCUT2D eigenvalue weighted by Crippen LogP contribution is 2.36. The van der Waals surface area contributed by atoms with E-state index in [1.165, 1.54) is 18.2 Å². The lowest BCUT2D eigenvalue weighted by molar-refractivity contribution is 0.161. The summed E-state index contributed by atoms with van der Waals surface area (Å²) in [4.78, 5) is -0.155. The second kappa shape index (κ2) is 6.51. The molecule has 3 nitrogen and oxygen atoms in total. The first-order valence-electron chi connectivity index (χ1n) is 7.54. The lowest BCUT2D eigenvalue weighted by atomic mass is 9.86. The average molecular weight is 353 g/mol. The largest absolute Gasteiger partial charge is 0.328 e. The van der Waals surface area contributed by atoms with E-state index < -0.39 is 22.0 Å². The number of nitrogens with zero attached hydrogens (tertiary/aromatic N) is 1. The Morgan fingerprint density at radius 3 is 2.00 bits per heavy atom. The highest BCUT2D eigenvalue weighted by Gasteiger charge is 2.35. The average Bonchev–Trinajstić information content (AvgIpc) is 2.46. The minimum atomic E-state index is -4.37. The molecule has 0 aliphatic heterocycles. The molecule has 6 heteroatoms. The third kappa shape index (κ3) is 3.59. The van der Waals surface area contributed by atoms with Gasteiger partial charge in [-0.1, -0.05) is 56.7 Å². The van der Waals surface area contributed by atoms with Gasteiger partial charge in [0.1, 0.15) is 0 Å². The molecule has 0 aromatic heterocycles. The van der Waals surface area contributed by atoms with Gasteiger partial charge in [-0.05, 0) is 36.1 Å². The molecule has 0 aliphatic rings. The first-order chi connectivity index (χ1) is 11.0. The summed E-state index contributed by atoms with van der Waals surface area (Å²) in [5.74, 6) is 0. The van der Waals surface area contributed by atoms with Gasteiger partial charge in [-0.15, -0.1) is 0 Å². The van der Waals surface area contributed by atoms with E-state index in [0.717, 1.165) is 5.56 Å². The van der Waals surface area contributed by atoms with Crippen molar-refractivity contribution in [3.8, 4) is 0 Å². The van der Waals surface area contributed by atoms with E-state index in [0.29, 0.717) is 5.56 Å². The van der Waals surface area contributed by atoms with Crippen LogP contribution in [0, 0.1) is 6.92 Å². The van der Waals surface area contributed by atoms with Crippen molar-refractivity contribution in [1.29, 1.82) is 0 Å². The van der Waals surface area contributed by atoms with Gasteiger partial charge in [0, 0.05) is 0 Å². The van der Waals surface area contributed by atoms with Crippen LogP contribution in [0.2, 0.25) is 0 Å². The van der Waals surface area contributed by atoms with Crippen molar-refractivity contribution in [3.63, 3.8) is 0 Å². The lowest BCUT2D eigenvalue weighted by Crippen LogP contribution is -2.37. The van der Waals surface area contributed by atoms with Crippen LogP contribution < -0.4 is 4.31 Å². The van der Waals surface area contributed by atoms with Crippen molar-refractivity contribution in [3.05, 3.63) is 59.7 Å². The SMILES string of the molecule is Cc1ccc(S(=O)(=O)N(c2ccccc2C(C)(C)C)C(F)F)cc1. The third-order valence-electron chi connectivity index (χ3n) is 3.70. The van der Waals surface area contributed by atoms with Crippen molar-refractivity contribution in [2.75, 3.05) is 4.31 Å². The zero-order valence-electron chi connectivity index (χ0n) is 14.1. The van der Waals surface area contributed by atoms with E-state index in [1.54, 1.807) is 37.3 Å². The Kier molecular flexibility index (Phi) is 4.99. The molecule has 0 atom stereocenters. The second-order valence-corrected chi connectivity index (χ2v) is 8.47. The number of rotatable bonds is 4. The molecule has 0 N–H and O–H groups in total. The Balaban J connectivity index is 2.66. The molecule has 0 bridgehead atoms. The number of hydrogen-bond donors (Lipinski definition) is 0. The molecule has 0 spiro atoms. The van der Waals surface area contributed by atoms with Crippen LogP contribution in [0.15, 0.2) is 53.4 Å². The Labute approximate surface area is 142 Å². The van der Waals surface area contributed by atoms with Gasteiger partial charge in [0.2, 0.25) is 0 Å². The van der Waals surface area contributed by atoms with E-state index in [1.807, 2.05) is 20.8 Å². The lowest BCUT2D eigenvalue weighted by Gasteiger charge is -2.30. The normalized spacial score (nSPS) is 12.5. The summed E-state index contributed by atoms with van der Waals surface area (Å²) in [5.41, 5.74) is 0.918. The van der Waals surface area contributed by atoms with Crippen molar-refractivity contribution in [2.24, 2.45) is 0 Å². The van der Waals surface area contributed by atoms with Crippen molar-refractivity contribution >= 4 is 15.7 Å². The number of alkyl halides is 2. The van der Waals surface area contributed by atoms with Crippen LogP contribution in [-0.2, 0) is 15.4 Å². The van der Waals surface area contributed by atoms with Gasteiger partial charge in [0.15, 0.2) is 0 Å². The third-order valence-corrected chi connectivity index (χ3v) is 5.45. The molecule has 0 amide bonds. The smallest absolute Gasteiger partial charge is 0.206 e. The van der Waals surface area contributed by atoms with Crippen molar-refractivity contribution in [2.45, 2.75) is 44.6 Å². The van der Waals surface area contributed by atoms with Gasteiger partial charge >= 0.3 is 6.55 Å². The Morgan fingerprint density at radius 2 is 1.50 bits per heavy atom. The molecule has 0 aliphatic carbocycles. The van der Waals surface area contributed by atoms with Crippen LogP contribution in [0.4, 0.5) is 14.5 Å². The van der Waals surface area contributed by atoms with Crippen molar-refractivity contribution < 1.29 is 17.2 Å². The number of sulfonamides is 1. The fraction of sp³-hybridized carbons (Fsp3) is 0.333. The van der Waals surface area contributed by atoms with E-state index in [-0.39, 0.29) is 14.9 Å². The zero-order valence-corrected chi connectivity index (χ0v) is 14.9. The van der Waals surface area contributed by atoms with E-state index in [9.17, 15) is 17.2 Å². The Morgan fingerprint density at radius 1 is 0.958 bits per heavy atom. The minimum absolute atomic E-state index is 0.000532. The van der Waals surface area contributed by atoms with Gasteiger partial charge in [0.05, 0.1) is 10.6 Å². The quantitative estimate of drug-likeness (QED) is 0.747. The molecular formula is C18H21F2NO2S. The zero-order chi connectivity index (χ0) is 18.1. The summed E-state index contributed by atoms with van der Waals surface area (Å²) in [6, 6.07) is 12.2. The summed E-state index contributed by atoms with van der Waals surface area (Å²) in [7, 11) is -4.37. The molecule has 24 heavy (non-hydrogen) atoms. The number of hydrogen-bond acceptors (Lipinski definition) is 2. The number of para-hydroxylation sites is 1. The first-order valence-corrected chi connectivity index (χ1v) is 8.98. The van der Waals surface area contributed by atoms with Crippen LogP contribution in [0.3, 0.4) is 0 Å².